The van der Waals surface area contributed by atoms with Crippen LogP contribution in [-0.2, 0) is 5.41 Å². The maximum absolute atomic E-state index is 5.47. The molecule has 3 unspecified atom stereocenters. The Morgan fingerprint density at radius 1 is 0.672 bits per heavy atom. The van der Waals surface area contributed by atoms with E-state index in [0.29, 0.717) is 5.92 Å². The summed E-state index contributed by atoms with van der Waals surface area (Å²) in [4.78, 5) is 12.4. The van der Waals surface area contributed by atoms with E-state index in [4.69, 9.17) is 9.98 Å². The molecule has 0 radical (unpaired) electrons. The molecule has 280 valence electrons. The first-order chi connectivity index (χ1) is 28.5. The average Bonchev–Trinajstić information content (AvgIpc) is 3.81. The summed E-state index contributed by atoms with van der Waals surface area (Å²) in [7, 11) is 0. The number of thiophene rings is 1. The molecule has 2 heterocycles. The fourth-order valence-corrected chi connectivity index (χ4v) is 11.0. The Hall–Kier alpha value is -6.36. The summed E-state index contributed by atoms with van der Waals surface area (Å²) in [5, 5.41) is 5.16. The molecule has 0 bridgehead atoms. The molecule has 0 spiro atoms. The van der Waals surface area contributed by atoms with Crippen LogP contribution < -0.4 is 5.32 Å². The number of benzene rings is 6. The van der Waals surface area contributed by atoms with Crippen molar-refractivity contribution in [1.29, 1.82) is 0 Å². The molecule has 3 nitrogen and oxygen atoms in total. The van der Waals surface area contributed by atoms with Gasteiger partial charge in [-0.3, -0.25) is 0 Å². The van der Waals surface area contributed by atoms with Gasteiger partial charge in [-0.15, -0.1) is 11.3 Å². The van der Waals surface area contributed by atoms with Gasteiger partial charge in [0, 0.05) is 20.6 Å². The van der Waals surface area contributed by atoms with Crippen molar-refractivity contribution in [2.45, 2.75) is 44.2 Å². The standard InChI is InChI=1S/C54H43N3S/c1-35-15-14-23-44-43-27-25-39(34-48(43)58-49(35)44)51-55-50(56-52(57-51)53(2)31-29-37(30-32-53)36-16-6-3-7-17-36)38-26-28-47-45(33-38)42-22-12-13-24-46(42)54(47,40-18-8-4-9-19-40)41-20-10-5-11-21-41/h3-14,16-31,33-35,51H,15,32H2,1-2H3,(H,55,56,57). The van der Waals surface area contributed by atoms with Gasteiger partial charge in [0.1, 0.15) is 11.7 Å². The average molecular weight is 766 g/mol. The van der Waals surface area contributed by atoms with Crippen molar-refractivity contribution in [2.24, 2.45) is 15.4 Å². The number of amidine groups is 2. The van der Waals surface area contributed by atoms with Crippen molar-refractivity contribution < 1.29 is 0 Å². The van der Waals surface area contributed by atoms with Crippen molar-refractivity contribution in [1.82, 2.24) is 5.32 Å². The monoisotopic (exact) mass is 765 g/mol. The van der Waals surface area contributed by atoms with E-state index in [2.05, 4.69) is 201 Å². The van der Waals surface area contributed by atoms with Crippen molar-refractivity contribution in [3.05, 3.63) is 225 Å². The number of hydrogen-bond donors (Lipinski definition) is 1. The second-order valence-corrected chi connectivity index (χ2v) is 17.5. The molecule has 0 saturated heterocycles. The number of allylic oxidation sites excluding steroid dienone is 4. The Labute approximate surface area is 344 Å². The minimum Gasteiger partial charge on any atom is -0.328 e. The van der Waals surface area contributed by atoms with Gasteiger partial charge in [-0.05, 0) is 98.8 Å². The second kappa shape index (κ2) is 13.6. The van der Waals surface area contributed by atoms with E-state index in [-0.39, 0.29) is 11.6 Å². The van der Waals surface area contributed by atoms with Gasteiger partial charge in [-0.2, -0.15) is 0 Å². The van der Waals surface area contributed by atoms with Crippen molar-refractivity contribution in [2.75, 3.05) is 0 Å². The highest BCUT2D eigenvalue weighted by Gasteiger charge is 2.46. The van der Waals surface area contributed by atoms with E-state index in [9.17, 15) is 0 Å². The normalized spacial score (nSPS) is 21.3. The number of rotatable bonds is 6. The molecular weight excluding hydrogens is 723 g/mol. The summed E-state index contributed by atoms with van der Waals surface area (Å²) < 4.78 is 1.31. The van der Waals surface area contributed by atoms with Gasteiger partial charge in [-0.1, -0.05) is 177 Å². The van der Waals surface area contributed by atoms with Crippen LogP contribution in [0.3, 0.4) is 0 Å². The predicted molar refractivity (Wildman–Crippen MR) is 244 cm³/mol. The second-order valence-electron chi connectivity index (χ2n) is 16.4. The number of aliphatic imine (C=N–C) groups is 2. The van der Waals surface area contributed by atoms with Crippen LogP contribution in [0.1, 0.15) is 88.2 Å². The zero-order chi connectivity index (χ0) is 38.8. The Morgan fingerprint density at radius 2 is 1.38 bits per heavy atom. The summed E-state index contributed by atoms with van der Waals surface area (Å²) in [5.41, 5.74) is 12.8. The first kappa shape index (κ1) is 34.9. The van der Waals surface area contributed by atoms with Crippen molar-refractivity contribution in [3.8, 4) is 11.1 Å². The highest BCUT2D eigenvalue weighted by Crippen LogP contribution is 2.56. The lowest BCUT2D eigenvalue weighted by Gasteiger charge is -2.34. The molecule has 4 aliphatic rings. The summed E-state index contributed by atoms with van der Waals surface area (Å²) in [5.74, 6) is 2.32. The van der Waals surface area contributed by atoms with Crippen LogP contribution in [0.2, 0.25) is 0 Å². The lowest BCUT2D eigenvalue weighted by atomic mass is 9.67. The van der Waals surface area contributed by atoms with E-state index in [1.807, 2.05) is 11.3 Å². The highest BCUT2D eigenvalue weighted by molar-refractivity contribution is 7.19. The van der Waals surface area contributed by atoms with Crippen LogP contribution in [0.4, 0.5) is 0 Å². The Morgan fingerprint density at radius 3 is 2.12 bits per heavy atom. The number of nitrogens with zero attached hydrogens (tertiary/aromatic N) is 2. The van der Waals surface area contributed by atoms with Crippen LogP contribution in [0, 0.1) is 5.41 Å². The Kier molecular flexibility index (Phi) is 8.20. The SMILES string of the molecule is CC1CC=Cc2c1sc1cc(C3N=C(c4ccc5c(c4)-c4ccccc4C5(c4ccccc4)c4ccccc4)NC(C4(C)C=CC(c5ccccc5)=CC4)=N3)ccc21. The van der Waals surface area contributed by atoms with Crippen LogP contribution in [-0.4, -0.2) is 11.7 Å². The van der Waals surface area contributed by atoms with Gasteiger partial charge < -0.3 is 5.32 Å². The lowest BCUT2D eigenvalue weighted by molar-refractivity contribution is 0.572. The fourth-order valence-electron chi connectivity index (χ4n) is 9.73. The van der Waals surface area contributed by atoms with E-state index < -0.39 is 5.41 Å². The van der Waals surface area contributed by atoms with Crippen LogP contribution in [0.25, 0.3) is 32.9 Å². The van der Waals surface area contributed by atoms with E-state index in [1.54, 1.807) is 0 Å². The largest absolute Gasteiger partial charge is 0.328 e. The molecule has 1 N–H and O–H groups in total. The summed E-state index contributed by atoms with van der Waals surface area (Å²) in [6.07, 6.45) is 13.1. The van der Waals surface area contributed by atoms with E-state index in [1.165, 1.54) is 65.0 Å². The highest BCUT2D eigenvalue weighted by atomic mass is 32.1. The van der Waals surface area contributed by atoms with Crippen molar-refractivity contribution >= 4 is 44.7 Å². The number of fused-ring (bicyclic) bond motifs is 6. The van der Waals surface area contributed by atoms with Gasteiger partial charge in [0.2, 0.25) is 0 Å². The van der Waals surface area contributed by atoms with E-state index >= 15 is 0 Å². The quantitative estimate of drug-likeness (QED) is 0.180. The molecule has 58 heavy (non-hydrogen) atoms. The maximum Gasteiger partial charge on any atom is 0.169 e. The summed E-state index contributed by atoms with van der Waals surface area (Å²) in [6, 6.07) is 55.5. The third-order valence-electron chi connectivity index (χ3n) is 12.8. The molecule has 3 atom stereocenters. The molecule has 0 fully saturated rings. The molecule has 0 saturated carbocycles. The lowest BCUT2D eigenvalue weighted by Crippen LogP contribution is -2.44. The molecule has 11 rings (SSSR count). The van der Waals surface area contributed by atoms with Gasteiger partial charge in [0.15, 0.2) is 6.17 Å². The number of hydrogen-bond acceptors (Lipinski definition) is 4. The molecule has 0 amide bonds. The predicted octanol–water partition coefficient (Wildman–Crippen LogP) is 13.3. The minimum atomic E-state index is -0.449. The molecule has 1 aliphatic heterocycles. The van der Waals surface area contributed by atoms with Crippen molar-refractivity contribution in [3.63, 3.8) is 0 Å². The van der Waals surface area contributed by atoms with Gasteiger partial charge >= 0.3 is 0 Å². The van der Waals surface area contributed by atoms with Gasteiger partial charge in [0.25, 0.3) is 0 Å². The third-order valence-corrected chi connectivity index (χ3v) is 14.2. The number of nitrogens with one attached hydrogen (secondary N) is 1. The van der Waals surface area contributed by atoms with Gasteiger partial charge in [0.05, 0.1) is 5.41 Å². The zero-order valence-electron chi connectivity index (χ0n) is 32.7. The zero-order valence-corrected chi connectivity index (χ0v) is 33.5. The molecule has 6 aromatic carbocycles. The summed E-state index contributed by atoms with van der Waals surface area (Å²) >= 11 is 1.93. The molecular formula is C54H43N3S. The third kappa shape index (κ3) is 5.46. The first-order valence-electron chi connectivity index (χ1n) is 20.5. The molecule has 4 heteroatoms. The Balaban J connectivity index is 1.05. The fraction of sp³-hybridized carbons (Fsp3) is 0.148. The van der Waals surface area contributed by atoms with Crippen LogP contribution in [0.5, 0.6) is 0 Å². The minimum absolute atomic E-state index is 0.344. The first-order valence-corrected chi connectivity index (χ1v) is 21.3. The van der Waals surface area contributed by atoms with Crippen LogP contribution in [0.15, 0.2) is 186 Å². The van der Waals surface area contributed by atoms with Gasteiger partial charge in [-0.25, -0.2) is 9.98 Å². The molecule has 1 aromatic heterocycles. The van der Waals surface area contributed by atoms with E-state index in [0.717, 1.165) is 35.6 Å². The van der Waals surface area contributed by atoms with Crippen LogP contribution >= 0.6 is 11.3 Å². The molecule has 7 aromatic rings. The maximum atomic E-state index is 5.47. The summed E-state index contributed by atoms with van der Waals surface area (Å²) in [6.45, 7) is 4.64. The Bertz CT molecular complexity index is 2860. The molecule has 3 aliphatic carbocycles. The topological polar surface area (TPSA) is 36.8 Å². The smallest absolute Gasteiger partial charge is 0.169 e.